The normalized spacial score (nSPS) is 14.9. The maximum Gasteiger partial charge on any atom is 0.379 e. The summed E-state index contributed by atoms with van der Waals surface area (Å²) in [6.45, 7) is 3.49. The number of amides is 1. The van der Waals surface area contributed by atoms with Crippen LogP contribution in [0.1, 0.15) is 17.5 Å². The number of hydrogen-bond donors (Lipinski definition) is 0. The molecule has 0 radical (unpaired) electrons. The van der Waals surface area contributed by atoms with E-state index in [0.717, 1.165) is 11.3 Å². The fraction of sp³-hybridized carbons (Fsp3) is 0.273. The number of carbonyl (C=O) groups is 2. The summed E-state index contributed by atoms with van der Waals surface area (Å²) in [6, 6.07) is 18.9. The molecule has 8 heteroatoms. The van der Waals surface area contributed by atoms with Crippen molar-refractivity contribution in [2.45, 2.75) is 13.0 Å². The van der Waals surface area contributed by atoms with Crippen LogP contribution < -0.4 is 0 Å². The highest BCUT2D eigenvalue weighted by Crippen LogP contribution is 2.21. The van der Waals surface area contributed by atoms with Crippen molar-refractivity contribution in [3.63, 3.8) is 0 Å². The number of carbonyl (C=O) groups excluding carboxylic acids is 2. The molecule has 1 aromatic heterocycles. The Kier molecular flexibility index (Phi) is 5.85. The van der Waals surface area contributed by atoms with E-state index in [2.05, 4.69) is 10.1 Å². The molecular formula is C22H22N4O4. The predicted octanol–water partition coefficient (Wildman–Crippen LogP) is 2.34. The van der Waals surface area contributed by atoms with E-state index in [4.69, 9.17) is 9.47 Å². The number of morpholine rings is 1. The van der Waals surface area contributed by atoms with E-state index >= 15 is 0 Å². The van der Waals surface area contributed by atoms with Gasteiger partial charge in [0.15, 0.2) is 11.9 Å². The highest BCUT2D eigenvalue weighted by molar-refractivity contribution is 5.89. The smallest absolute Gasteiger partial charge is 0.379 e. The molecule has 1 aliphatic heterocycles. The van der Waals surface area contributed by atoms with Gasteiger partial charge >= 0.3 is 5.97 Å². The molecule has 30 heavy (non-hydrogen) atoms. The molecule has 1 unspecified atom stereocenters. The zero-order chi connectivity index (χ0) is 20.9. The van der Waals surface area contributed by atoms with Crippen molar-refractivity contribution in [1.82, 2.24) is 19.7 Å². The molecule has 2 heterocycles. The van der Waals surface area contributed by atoms with Gasteiger partial charge in [-0.25, -0.2) is 14.5 Å². The highest BCUT2D eigenvalue weighted by Gasteiger charge is 2.28. The van der Waals surface area contributed by atoms with Crippen LogP contribution in [0.5, 0.6) is 0 Å². The first-order valence-electron chi connectivity index (χ1n) is 9.79. The number of benzene rings is 2. The van der Waals surface area contributed by atoms with Crippen LogP contribution in [0, 0.1) is 0 Å². The zero-order valence-corrected chi connectivity index (χ0v) is 16.6. The molecule has 8 nitrogen and oxygen atoms in total. The Hall–Kier alpha value is -3.52. The standard InChI is InChI=1S/C22H22N4O4/c1-16(21(27)25-12-14-29-15-13-25)30-22(28)19-23-20(17-8-4-2-5-9-17)26(24-19)18-10-6-3-7-11-18/h2-11,16H,12-15H2,1H3. The Labute approximate surface area is 174 Å². The van der Waals surface area contributed by atoms with Gasteiger partial charge in [-0.3, -0.25) is 4.79 Å². The van der Waals surface area contributed by atoms with E-state index in [1.165, 1.54) is 0 Å². The van der Waals surface area contributed by atoms with Crippen LogP contribution in [0.2, 0.25) is 0 Å². The zero-order valence-electron chi connectivity index (χ0n) is 16.6. The number of ether oxygens (including phenoxy) is 2. The molecule has 3 aromatic rings. The molecule has 1 atom stereocenters. The van der Waals surface area contributed by atoms with E-state index in [1.54, 1.807) is 16.5 Å². The molecule has 4 rings (SSSR count). The highest BCUT2D eigenvalue weighted by atomic mass is 16.5. The van der Waals surface area contributed by atoms with Crippen LogP contribution in [-0.4, -0.2) is 63.9 Å². The third-order valence-corrected chi connectivity index (χ3v) is 4.78. The summed E-state index contributed by atoms with van der Waals surface area (Å²) < 4.78 is 12.2. The largest absolute Gasteiger partial charge is 0.447 e. The lowest BCUT2D eigenvalue weighted by Gasteiger charge is -2.28. The number of rotatable bonds is 5. The van der Waals surface area contributed by atoms with Crippen molar-refractivity contribution < 1.29 is 19.1 Å². The lowest BCUT2D eigenvalue weighted by atomic mass is 10.2. The van der Waals surface area contributed by atoms with Crippen LogP contribution in [0.15, 0.2) is 60.7 Å². The van der Waals surface area contributed by atoms with Crippen molar-refractivity contribution in [3.05, 3.63) is 66.5 Å². The van der Waals surface area contributed by atoms with Gasteiger partial charge in [-0.1, -0.05) is 48.5 Å². The van der Waals surface area contributed by atoms with E-state index in [0.29, 0.717) is 32.1 Å². The van der Waals surface area contributed by atoms with Gasteiger partial charge in [-0.15, -0.1) is 5.10 Å². The lowest BCUT2D eigenvalue weighted by molar-refractivity contribution is -0.143. The fourth-order valence-corrected chi connectivity index (χ4v) is 3.23. The molecule has 0 N–H and O–H groups in total. The van der Waals surface area contributed by atoms with Crippen molar-refractivity contribution in [2.24, 2.45) is 0 Å². The van der Waals surface area contributed by atoms with Crippen LogP contribution in [-0.2, 0) is 14.3 Å². The first-order valence-corrected chi connectivity index (χ1v) is 9.79. The van der Waals surface area contributed by atoms with Gasteiger partial charge < -0.3 is 14.4 Å². The molecule has 1 fully saturated rings. The van der Waals surface area contributed by atoms with Crippen molar-refractivity contribution >= 4 is 11.9 Å². The van der Waals surface area contributed by atoms with Crippen LogP contribution in [0.25, 0.3) is 17.1 Å². The average Bonchev–Trinajstić information content (AvgIpc) is 3.26. The minimum absolute atomic E-state index is 0.0978. The van der Waals surface area contributed by atoms with E-state index in [9.17, 15) is 9.59 Å². The number of nitrogens with zero attached hydrogens (tertiary/aromatic N) is 4. The lowest BCUT2D eigenvalue weighted by Crippen LogP contribution is -2.46. The molecule has 0 saturated carbocycles. The fourth-order valence-electron chi connectivity index (χ4n) is 3.23. The minimum Gasteiger partial charge on any atom is -0.447 e. The van der Waals surface area contributed by atoms with E-state index in [-0.39, 0.29) is 11.7 Å². The third kappa shape index (κ3) is 4.23. The first kappa shape index (κ1) is 19.8. The van der Waals surface area contributed by atoms with Crippen molar-refractivity contribution in [3.8, 4) is 17.1 Å². The quantitative estimate of drug-likeness (QED) is 0.605. The van der Waals surface area contributed by atoms with Gasteiger partial charge in [-0.05, 0) is 19.1 Å². The molecule has 154 valence electrons. The second-order valence-electron chi connectivity index (χ2n) is 6.86. The summed E-state index contributed by atoms with van der Waals surface area (Å²) in [5.74, 6) is -0.575. The predicted molar refractivity (Wildman–Crippen MR) is 109 cm³/mol. The molecule has 0 bridgehead atoms. The summed E-state index contributed by atoms with van der Waals surface area (Å²) in [5, 5.41) is 4.37. The first-order chi connectivity index (χ1) is 14.6. The Morgan fingerprint density at radius 3 is 2.30 bits per heavy atom. The Balaban J connectivity index is 1.58. The van der Waals surface area contributed by atoms with E-state index in [1.807, 2.05) is 60.7 Å². The Morgan fingerprint density at radius 2 is 1.63 bits per heavy atom. The minimum atomic E-state index is -0.931. The number of esters is 1. The maximum absolute atomic E-state index is 12.7. The second-order valence-corrected chi connectivity index (χ2v) is 6.86. The molecule has 1 amide bonds. The maximum atomic E-state index is 12.7. The van der Waals surface area contributed by atoms with Gasteiger partial charge in [0.25, 0.3) is 11.7 Å². The van der Waals surface area contributed by atoms with Gasteiger partial charge in [0.05, 0.1) is 18.9 Å². The van der Waals surface area contributed by atoms with Gasteiger partial charge in [0.1, 0.15) is 0 Å². The van der Waals surface area contributed by atoms with Gasteiger partial charge in [-0.2, -0.15) is 0 Å². The molecule has 0 aliphatic carbocycles. The number of hydrogen-bond acceptors (Lipinski definition) is 6. The topological polar surface area (TPSA) is 86.5 Å². The molecule has 2 aromatic carbocycles. The summed E-state index contributed by atoms with van der Waals surface area (Å²) >= 11 is 0. The molecule has 1 saturated heterocycles. The van der Waals surface area contributed by atoms with Gasteiger partial charge in [0.2, 0.25) is 0 Å². The average molecular weight is 406 g/mol. The van der Waals surface area contributed by atoms with Crippen molar-refractivity contribution in [2.75, 3.05) is 26.3 Å². The molecular weight excluding hydrogens is 384 g/mol. The second kappa shape index (κ2) is 8.87. The SMILES string of the molecule is CC(OC(=O)c1nc(-c2ccccc2)n(-c2ccccc2)n1)C(=O)N1CCOCC1. The number of aromatic nitrogens is 3. The molecule has 1 aliphatic rings. The monoisotopic (exact) mass is 406 g/mol. The van der Waals surface area contributed by atoms with Crippen LogP contribution in [0.3, 0.4) is 0 Å². The third-order valence-electron chi connectivity index (χ3n) is 4.78. The number of para-hydroxylation sites is 1. The summed E-state index contributed by atoms with van der Waals surface area (Å²) in [4.78, 5) is 31.3. The Morgan fingerprint density at radius 1 is 1.00 bits per heavy atom. The van der Waals surface area contributed by atoms with Crippen LogP contribution in [0.4, 0.5) is 0 Å². The van der Waals surface area contributed by atoms with Gasteiger partial charge in [0, 0.05) is 18.7 Å². The summed E-state index contributed by atoms with van der Waals surface area (Å²) in [5.41, 5.74) is 1.57. The van der Waals surface area contributed by atoms with Crippen molar-refractivity contribution in [1.29, 1.82) is 0 Å². The molecule has 0 spiro atoms. The van der Waals surface area contributed by atoms with Crippen LogP contribution >= 0.6 is 0 Å². The van der Waals surface area contributed by atoms with E-state index < -0.39 is 12.1 Å². The summed E-state index contributed by atoms with van der Waals surface area (Å²) in [6.07, 6.45) is -0.931. The Bertz CT molecular complexity index is 957. The summed E-state index contributed by atoms with van der Waals surface area (Å²) in [7, 11) is 0.